The van der Waals surface area contributed by atoms with Gasteiger partial charge in [0.15, 0.2) is 12.4 Å². The van der Waals surface area contributed by atoms with Gasteiger partial charge >= 0.3 is 0 Å². The zero-order chi connectivity index (χ0) is 16.8. The molecule has 1 aromatic carbocycles. The molecule has 0 aliphatic heterocycles. The number of imidazole rings is 1. The molecular weight excluding hydrogens is 304 g/mol. The lowest BCUT2D eigenvalue weighted by Crippen LogP contribution is -2.29. The summed E-state index contributed by atoms with van der Waals surface area (Å²) >= 11 is 0. The molecule has 0 saturated heterocycles. The molecule has 6 heteroatoms. The van der Waals surface area contributed by atoms with Crippen molar-refractivity contribution in [2.24, 2.45) is 0 Å². The smallest absolute Gasteiger partial charge is 0.251 e. The third-order valence-corrected chi connectivity index (χ3v) is 3.70. The number of hydrogen-bond acceptors (Lipinski definition) is 3. The van der Waals surface area contributed by atoms with Crippen molar-refractivity contribution in [3.63, 3.8) is 0 Å². The summed E-state index contributed by atoms with van der Waals surface area (Å²) in [6, 6.07) is 13.2. The molecule has 0 fully saturated rings. The summed E-state index contributed by atoms with van der Waals surface area (Å²) < 4.78 is 2.72. The molecule has 0 radical (unpaired) electrons. The van der Waals surface area contributed by atoms with Crippen LogP contribution in [0.25, 0.3) is 0 Å². The van der Waals surface area contributed by atoms with Gasteiger partial charge in [-0.05, 0) is 5.56 Å². The van der Waals surface area contributed by atoms with E-state index in [0.717, 1.165) is 12.4 Å². The van der Waals surface area contributed by atoms with Crippen LogP contribution in [-0.2, 0) is 13.0 Å². The largest absolute Gasteiger partial charge is 0.619 e. The Bertz CT molecular complexity index is 797. The molecule has 0 unspecified atom stereocenters. The molecule has 2 aromatic heterocycles. The fourth-order valence-corrected chi connectivity index (χ4v) is 2.45. The monoisotopic (exact) mass is 322 g/mol. The topological polar surface area (TPSA) is 73.9 Å². The maximum absolute atomic E-state index is 12.0. The van der Waals surface area contributed by atoms with Crippen LogP contribution in [0.5, 0.6) is 0 Å². The van der Waals surface area contributed by atoms with Gasteiger partial charge in [-0.2, -0.15) is 4.73 Å². The number of carbonyl (C=O) groups is 1. The van der Waals surface area contributed by atoms with Crippen molar-refractivity contribution in [1.82, 2.24) is 14.9 Å². The lowest BCUT2D eigenvalue weighted by Gasteiger charge is -2.09. The van der Waals surface area contributed by atoms with Crippen molar-refractivity contribution in [1.29, 1.82) is 0 Å². The Hall–Kier alpha value is -3.15. The number of carbonyl (C=O) groups excluding carboxylic acids is 1. The van der Waals surface area contributed by atoms with Crippen LogP contribution in [0.2, 0.25) is 0 Å². The third-order valence-electron chi connectivity index (χ3n) is 3.70. The van der Waals surface area contributed by atoms with Crippen LogP contribution < -0.4 is 10.0 Å². The van der Waals surface area contributed by atoms with Gasteiger partial charge in [-0.25, -0.2) is 4.98 Å². The quantitative estimate of drug-likeness (QED) is 0.552. The normalized spacial score (nSPS) is 10.5. The Labute approximate surface area is 140 Å². The number of hydrogen-bond donors (Lipinski definition) is 1. The van der Waals surface area contributed by atoms with Crippen LogP contribution in [0.4, 0.5) is 0 Å². The fraction of sp³-hybridized carbons (Fsp3) is 0.167. The summed E-state index contributed by atoms with van der Waals surface area (Å²) in [4.78, 5) is 16.4. The van der Waals surface area contributed by atoms with Gasteiger partial charge in [-0.1, -0.05) is 30.3 Å². The first kappa shape index (κ1) is 15.7. The van der Waals surface area contributed by atoms with E-state index in [1.807, 2.05) is 24.4 Å². The maximum atomic E-state index is 12.0. The fourth-order valence-electron chi connectivity index (χ4n) is 2.45. The average molecular weight is 322 g/mol. The molecule has 24 heavy (non-hydrogen) atoms. The molecule has 0 saturated carbocycles. The molecule has 3 aromatic rings. The number of pyridine rings is 1. The third kappa shape index (κ3) is 3.98. The minimum Gasteiger partial charge on any atom is -0.619 e. The van der Waals surface area contributed by atoms with Gasteiger partial charge in [0, 0.05) is 44.0 Å². The second-order valence-corrected chi connectivity index (χ2v) is 5.41. The number of aromatic nitrogens is 3. The first-order chi connectivity index (χ1) is 11.7. The summed E-state index contributed by atoms with van der Waals surface area (Å²) in [5.74, 6) is 0.724. The summed E-state index contributed by atoms with van der Waals surface area (Å²) in [6.07, 6.45) is 6.96. The van der Waals surface area contributed by atoms with Gasteiger partial charge in [0.05, 0.1) is 5.56 Å². The molecular formula is C18H18N4O2. The Morgan fingerprint density at radius 3 is 2.67 bits per heavy atom. The van der Waals surface area contributed by atoms with Crippen molar-refractivity contribution in [2.45, 2.75) is 13.0 Å². The highest BCUT2D eigenvalue weighted by Crippen LogP contribution is 2.06. The Morgan fingerprint density at radius 1 is 1.17 bits per heavy atom. The summed E-state index contributed by atoms with van der Waals surface area (Å²) in [7, 11) is 0. The molecule has 2 heterocycles. The van der Waals surface area contributed by atoms with E-state index in [-0.39, 0.29) is 5.91 Å². The lowest BCUT2D eigenvalue weighted by atomic mass is 10.2. The van der Waals surface area contributed by atoms with E-state index in [2.05, 4.69) is 27.0 Å². The molecule has 0 spiro atoms. The van der Waals surface area contributed by atoms with Gasteiger partial charge in [0.2, 0.25) is 0 Å². The van der Waals surface area contributed by atoms with Crippen LogP contribution in [0, 0.1) is 5.21 Å². The highest BCUT2D eigenvalue weighted by atomic mass is 16.5. The van der Waals surface area contributed by atoms with Gasteiger partial charge in [-0.15, -0.1) is 0 Å². The molecule has 122 valence electrons. The predicted octanol–water partition coefficient (Wildman–Crippen LogP) is 1.54. The van der Waals surface area contributed by atoms with E-state index >= 15 is 0 Å². The molecule has 0 aliphatic carbocycles. The Morgan fingerprint density at radius 2 is 1.92 bits per heavy atom. The van der Waals surface area contributed by atoms with Gasteiger partial charge in [0.1, 0.15) is 5.82 Å². The summed E-state index contributed by atoms with van der Waals surface area (Å²) in [6.45, 7) is 1.24. The van der Waals surface area contributed by atoms with Crippen LogP contribution in [0.3, 0.4) is 0 Å². The standard InChI is InChI=1S/C18H18N4O2/c23-18(16-7-11-22(24)12-8-16)20-9-6-17-19-10-13-21(17)14-15-4-2-1-3-5-15/h1-5,7-8,10-13H,6,9,14H2,(H,20,23). The van der Waals surface area contributed by atoms with E-state index in [1.165, 1.54) is 30.1 Å². The van der Waals surface area contributed by atoms with Crippen LogP contribution in [0.15, 0.2) is 67.3 Å². The molecule has 6 nitrogen and oxygen atoms in total. The number of rotatable bonds is 6. The van der Waals surface area contributed by atoms with Gasteiger partial charge in [-0.3, -0.25) is 4.79 Å². The number of benzene rings is 1. The number of nitrogens with one attached hydrogen (secondary N) is 1. The lowest BCUT2D eigenvalue weighted by molar-refractivity contribution is -0.605. The van der Waals surface area contributed by atoms with E-state index in [0.29, 0.717) is 23.3 Å². The Balaban J connectivity index is 1.55. The number of nitrogens with zero attached hydrogens (tertiary/aromatic N) is 3. The van der Waals surface area contributed by atoms with E-state index in [9.17, 15) is 10.0 Å². The van der Waals surface area contributed by atoms with Gasteiger partial charge in [0.25, 0.3) is 5.91 Å². The molecule has 0 aliphatic rings. The second-order valence-electron chi connectivity index (χ2n) is 5.41. The first-order valence-electron chi connectivity index (χ1n) is 7.73. The second kappa shape index (κ2) is 7.41. The molecule has 1 amide bonds. The zero-order valence-electron chi connectivity index (χ0n) is 13.1. The van der Waals surface area contributed by atoms with Crippen molar-refractivity contribution < 1.29 is 9.52 Å². The van der Waals surface area contributed by atoms with E-state index in [4.69, 9.17) is 0 Å². The van der Waals surface area contributed by atoms with Crippen molar-refractivity contribution >= 4 is 5.91 Å². The predicted molar refractivity (Wildman–Crippen MR) is 89.2 cm³/mol. The highest BCUT2D eigenvalue weighted by molar-refractivity contribution is 5.93. The first-order valence-corrected chi connectivity index (χ1v) is 7.73. The van der Waals surface area contributed by atoms with Crippen molar-refractivity contribution in [3.8, 4) is 0 Å². The average Bonchev–Trinajstić information content (AvgIpc) is 3.03. The zero-order valence-corrected chi connectivity index (χ0v) is 13.1. The van der Waals surface area contributed by atoms with E-state index in [1.54, 1.807) is 6.20 Å². The summed E-state index contributed by atoms with van der Waals surface area (Å²) in [5, 5.41) is 13.8. The highest BCUT2D eigenvalue weighted by Gasteiger charge is 2.08. The molecule has 0 bridgehead atoms. The van der Waals surface area contributed by atoms with Gasteiger partial charge < -0.3 is 15.1 Å². The van der Waals surface area contributed by atoms with E-state index < -0.39 is 0 Å². The minimum atomic E-state index is -0.197. The van der Waals surface area contributed by atoms with Crippen LogP contribution >= 0.6 is 0 Å². The Kier molecular flexibility index (Phi) is 4.86. The maximum Gasteiger partial charge on any atom is 0.251 e. The molecule has 3 rings (SSSR count). The number of amides is 1. The summed E-state index contributed by atoms with van der Waals surface area (Å²) in [5.41, 5.74) is 1.67. The molecule has 0 atom stereocenters. The van der Waals surface area contributed by atoms with Crippen LogP contribution in [-0.4, -0.2) is 22.0 Å². The SMILES string of the molecule is O=C(NCCc1nccn1Cc1ccccc1)c1cc[n+]([O-])cc1. The minimum absolute atomic E-state index is 0.197. The molecule has 1 N–H and O–H groups in total. The van der Waals surface area contributed by atoms with Crippen molar-refractivity contribution in [2.75, 3.05) is 6.54 Å². The van der Waals surface area contributed by atoms with Crippen LogP contribution in [0.1, 0.15) is 21.7 Å². The van der Waals surface area contributed by atoms with Crippen molar-refractivity contribution in [3.05, 3.63) is 89.4 Å².